The molecule has 3 aliphatic rings. The quantitative estimate of drug-likeness (QED) is 0.696. The molecule has 2 bridgehead atoms. The van der Waals surface area contributed by atoms with Crippen LogP contribution in [0.2, 0.25) is 0 Å². The van der Waals surface area contributed by atoms with Gasteiger partial charge < -0.3 is 5.11 Å². The summed E-state index contributed by atoms with van der Waals surface area (Å²) in [6, 6.07) is -0.330. The molecule has 1 saturated heterocycles. The minimum absolute atomic E-state index is 0.330. The molecule has 82 valence electrons. The highest BCUT2D eigenvalue weighted by Crippen LogP contribution is 2.47. The summed E-state index contributed by atoms with van der Waals surface area (Å²) in [5.41, 5.74) is 0. The Hall–Kier alpha value is -0.480. The number of aliphatic carboxylic acids is 1. The number of nitrogens with one attached hydrogen (secondary N) is 1. The normalized spacial score (nSPS) is 47.6. The van der Waals surface area contributed by atoms with Crippen molar-refractivity contribution in [2.45, 2.75) is 24.3 Å². The Morgan fingerprint density at radius 3 is 2.80 bits per heavy atom. The number of thioether (sulfide) groups is 1. The highest BCUT2D eigenvalue weighted by molar-refractivity contribution is 8.00. The zero-order valence-corrected chi connectivity index (χ0v) is 9.24. The predicted molar refractivity (Wildman–Crippen MR) is 59.6 cm³/mol. The molecule has 1 aliphatic heterocycles. The van der Waals surface area contributed by atoms with E-state index in [0.29, 0.717) is 17.2 Å². The maximum Gasteiger partial charge on any atom is 0.321 e. The second kappa shape index (κ2) is 3.52. The van der Waals surface area contributed by atoms with E-state index in [1.807, 2.05) is 0 Å². The molecule has 1 saturated carbocycles. The van der Waals surface area contributed by atoms with Crippen molar-refractivity contribution in [2.75, 3.05) is 5.75 Å². The van der Waals surface area contributed by atoms with E-state index in [4.69, 9.17) is 5.11 Å². The lowest BCUT2D eigenvalue weighted by Gasteiger charge is -2.24. The average Bonchev–Trinajstić information content (AvgIpc) is 2.93. The summed E-state index contributed by atoms with van der Waals surface area (Å²) in [6.45, 7) is 0. The highest BCUT2D eigenvalue weighted by Gasteiger charge is 2.43. The smallest absolute Gasteiger partial charge is 0.321 e. The fourth-order valence-electron chi connectivity index (χ4n) is 3.06. The first kappa shape index (κ1) is 9.73. The molecule has 3 nitrogen and oxygen atoms in total. The monoisotopic (exact) mass is 225 g/mol. The van der Waals surface area contributed by atoms with Crippen molar-refractivity contribution < 1.29 is 9.90 Å². The van der Waals surface area contributed by atoms with Crippen molar-refractivity contribution >= 4 is 17.7 Å². The zero-order chi connectivity index (χ0) is 10.4. The van der Waals surface area contributed by atoms with Gasteiger partial charge in [0.25, 0.3) is 0 Å². The molecule has 3 rings (SSSR count). The molecular formula is C11H15NO2S. The molecule has 0 aromatic carbocycles. The van der Waals surface area contributed by atoms with Crippen LogP contribution in [0.1, 0.15) is 12.8 Å². The van der Waals surface area contributed by atoms with Crippen molar-refractivity contribution in [1.82, 2.24) is 5.32 Å². The topological polar surface area (TPSA) is 49.3 Å². The third-order valence-electron chi connectivity index (χ3n) is 3.83. The van der Waals surface area contributed by atoms with Crippen molar-refractivity contribution in [2.24, 2.45) is 17.8 Å². The lowest BCUT2D eigenvalue weighted by molar-refractivity contribution is -0.138. The maximum atomic E-state index is 10.8. The molecule has 2 unspecified atom stereocenters. The molecular weight excluding hydrogens is 210 g/mol. The summed E-state index contributed by atoms with van der Waals surface area (Å²) in [4.78, 5) is 10.8. The SMILES string of the molecule is O=C(O)[C@@H]1CSC([C@@H]2C[C@@H]3C=CC2C3)N1. The number of hydrogen-bond donors (Lipinski definition) is 2. The predicted octanol–water partition coefficient (Wildman–Crippen LogP) is 1.31. The van der Waals surface area contributed by atoms with E-state index in [1.165, 1.54) is 12.8 Å². The lowest BCUT2D eigenvalue weighted by atomic mass is 9.93. The fraction of sp³-hybridized carbons (Fsp3) is 0.727. The third-order valence-corrected chi connectivity index (χ3v) is 5.20. The van der Waals surface area contributed by atoms with Gasteiger partial charge in [-0.25, -0.2) is 0 Å². The minimum atomic E-state index is -0.705. The Balaban J connectivity index is 1.65. The average molecular weight is 225 g/mol. The molecule has 0 aromatic heterocycles. The molecule has 2 fully saturated rings. The van der Waals surface area contributed by atoms with Crippen LogP contribution in [0.3, 0.4) is 0 Å². The molecule has 15 heavy (non-hydrogen) atoms. The van der Waals surface area contributed by atoms with Crippen molar-refractivity contribution in [3.05, 3.63) is 12.2 Å². The van der Waals surface area contributed by atoms with Crippen LogP contribution in [0.25, 0.3) is 0 Å². The number of fused-ring (bicyclic) bond motifs is 2. The van der Waals surface area contributed by atoms with Gasteiger partial charge in [-0.15, -0.1) is 11.8 Å². The van der Waals surface area contributed by atoms with E-state index in [9.17, 15) is 4.79 Å². The van der Waals surface area contributed by atoms with Crippen LogP contribution in [0, 0.1) is 17.8 Å². The highest BCUT2D eigenvalue weighted by atomic mass is 32.2. The summed E-state index contributed by atoms with van der Waals surface area (Å²) in [5.74, 6) is 2.15. The molecule has 2 aliphatic carbocycles. The molecule has 0 aromatic rings. The van der Waals surface area contributed by atoms with Crippen LogP contribution < -0.4 is 5.32 Å². The van der Waals surface area contributed by atoms with Crippen molar-refractivity contribution in [1.29, 1.82) is 0 Å². The van der Waals surface area contributed by atoms with Gasteiger partial charge in [0.15, 0.2) is 0 Å². The number of allylic oxidation sites excluding steroid dienone is 2. The van der Waals surface area contributed by atoms with Gasteiger partial charge in [0, 0.05) is 5.75 Å². The van der Waals surface area contributed by atoms with E-state index >= 15 is 0 Å². The Bertz CT molecular complexity index is 318. The molecule has 2 N–H and O–H groups in total. The van der Waals surface area contributed by atoms with Gasteiger partial charge in [0.1, 0.15) is 6.04 Å². The summed E-state index contributed by atoms with van der Waals surface area (Å²) in [5, 5.41) is 12.5. The Morgan fingerprint density at radius 2 is 2.27 bits per heavy atom. The standard InChI is InChI=1S/C11H15NO2S/c13-11(14)9-5-15-10(12-9)8-4-6-1-2-7(8)3-6/h1-2,6-10,12H,3-5H2,(H,13,14)/t6-,7?,8-,9+,10?/m1/s1. The maximum absolute atomic E-state index is 10.8. The number of rotatable bonds is 2. The number of carboxylic acids is 1. The Kier molecular flexibility index (Phi) is 2.29. The Morgan fingerprint density at radius 1 is 1.40 bits per heavy atom. The molecule has 0 spiro atoms. The van der Waals surface area contributed by atoms with Crippen LogP contribution in [0.4, 0.5) is 0 Å². The van der Waals surface area contributed by atoms with Crippen LogP contribution in [0.15, 0.2) is 12.2 Å². The molecule has 0 amide bonds. The first-order valence-corrected chi connectivity index (χ1v) is 6.57. The first-order chi connectivity index (χ1) is 7.24. The van der Waals surface area contributed by atoms with Crippen LogP contribution >= 0.6 is 11.8 Å². The van der Waals surface area contributed by atoms with Gasteiger partial charge >= 0.3 is 5.97 Å². The second-order valence-electron chi connectivity index (χ2n) is 4.76. The van der Waals surface area contributed by atoms with Crippen molar-refractivity contribution in [3.8, 4) is 0 Å². The van der Waals surface area contributed by atoms with Gasteiger partial charge in [-0.2, -0.15) is 0 Å². The van der Waals surface area contributed by atoms with E-state index in [-0.39, 0.29) is 6.04 Å². The van der Waals surface area contributed by atoms with E-state index < -0.39 is 5.97 Å². The number of carboxylic acid groups (broad SMARTS) is 1. The van der Waals surface area contributed by atoms with Crippen LogP contribution in [0.5, 0.6) is 0 Å². The van der Waals surface area contributed by atoms with E-state index in [2.05, 4.69) is 17.5 Å². The van der Waals surface area contributed by atoms with E-state index in [1.54, 1.807) is 11.8 Å². The largest absolute Gasteiger partial charge is 0.480 e. The van der Waals surface area contributed by atoms with Crippen LogP contribution in [-0.2, 0) is 4.79 Å². The van der Waals surface area contributed by atoms with Gasteiger partial charge in [-0.05, 0) is 30.6 Å². The van der Waals surface area contributed by atoms with Crippen molar-refractivity contribution in [3.63, 3.8) is 0 Å². The van der Waals surface area contributed by atoms with Gasteiger partial charge in [-0.1, -0.05) is 12.2 Å². The van der Waals surface area contributed by atoms with Gasteiger partial charge in [0.05, 0.1) is 5.37 Å². The van der Waals surface area contributed by atoms with Gasteiger partial charge in [0.2, 0.25) is 0 Å². The molecule has 5 atom stereocenters. The first-order valence-electron chi connectivity index (χ1n) is 5.53. The minimum Gasteiger partial charge on any atom is -0.480 e. The zero-order valence-electron chi connectivity index (χ0n) is 8.43. The number of hydrogen-bond acceptors (Lipinski definition) is 3. The second-order valence-corrected chi connectivity index (χ2v) is 5.93. The third kappa shape index (κ3) is 1.60. The summed E-state index contributed by atoms with van der Waals surface area (Å²) in [7, 11) is 0. The van der Waals surface area contributed by atoms with Gasteiger partial charge in [-0.3, -0.25) is 10.1 Å². The fourth-order valence-corrected chi connectivity index (χ4v) is 4.51. The van der Waals surface area contributed by atoms with E-state index in [0.717, 1.165) is 11.7 Å². The number of carbonyl (C=O) groups is 1. The molecule has 4 heteroatoms. The Labute approximate surface area is 93.3 Å². The van der Waals surface area contributed by atoms with Crippen LogP contribution in [-0.4, -0.2) is 28.2 Å². The summed E-state index contributed by atoms with van der Waals surface area (Å²) < 4.78 is 0. The summed E-state index contributed by atoms with van der Waals surface area (Å²) in [6.07, 6.45) is 7.20. The summed E-state index contributed by atoms with van der Waals surface area (Å²) >= 11 is 1.79. The lowest BCUT2D eigenvalue weighted by Crippen LogP contribution is -2.40. The molecule has 0 radical (unpaired) electrons. The molecule has 1 heterocycles.